The van der Waals surface area contributed by atoms with E-state index < -0.39 is 0 Å². The van der Waals surface area contributed by atoms with Crippen molar-refractivity contribution in [2.45, 2.75) is 45.4 Å². The number of hydrogen-bond acceptors (Lipinski definition) is 2. The van der Waals surface area contributed by atoms with Gasteiger partial charge in [0.05, 0.1) is 4.92 Å². The van der Waals surface area contributed by atoms with E-state index in [4.69, 9.17) is 0 Å². The monoisotopic (exact) mass is 219 g/mol. The van der Waals surface area contributed by atoms with Crippen LogP contribution in [0.15, 0.2) is 12.1 Å². The fourth-order valence-corrected chi connectivity index (χ4v) is 2.28. The normalized spacial score (nSPS) is 14.9. The number of nitro groups is 1. The quantitative estimate of drug-likeness (QED) is 0.536. The molecular formula is C13H17NO2. The third-order valence-corrected chi connectivity index (χ3v) is 3.25. The molecule has 0 amide bonds. The molecule has 1 aliphatic carbocycles. The maximum Gasteiger partial charge on any atom is 0.273 e. The van der Waals surface area contributed by atoms with Gasteiger partial charge >= 0.3 is 0 Å². The Morgan fingerprint density at radius 1 is 1.25 bits per heavy atom. The van der Waals surface area contributed by atoms with E-state index in [1.165, 1.54) is 5.56 Å². The highest BCUT2D eigenvalue weighted by Crippen LogP contribution is 2.35. The topological polar surface area (TPSA) is 43.1 Å². The summed E-state index contributed by atoms with van der Waals surface area (Å²) in [6.07, 6.45) is 2.89. The molecule has 1 aromatic rings. The molecule has 0 aromatic heterocycles. The minimum atomic E-state index is -0.237. The summed E-state index contributed by atoms with van der Waals surface area (Å²) in [5.74, 6) is 0. The zero-order valence-corrected chi connectivity index (χ0v) is 10.0. The van der Waals surface area contributed by atoms with Gasteiger partial charge in [-0.25, -0.2) is 0 Å². The molecule has 3 nitrogen and oxygen atoms in total. The van der Waals surface area contributed by atoms with Crippen LogP contribution in [0.5, 0.6) is 0 Å². The van der Waals surface area contributed by atoms with E-state index in [2.05, 4.69) is 26.8 Å². The van der Waals surface area contributed by atoms with Crippen molar-refractivity contribution in [2.24, 2.45) is 0 Å². The summed E-state index contributed by atoms with van der Waals surface area (Å²) in [6, 6.07) is 3.90. The predicted molar refractivity (Wildman–Crippen MR) is 63.8 cm³/mol. The second-order valence-electron chi connectivity index (χ2n) is 5.49. The standard InChI is InChI=1S/C13H17NO2/c1-13(2,3)10-7-9-5-4-6-11(9)12(8-10)14(15)16/h7-8H,4-6H2,1-3H3. The SMILES string of the molecule is CC(C)(C)c1cc2c(c([N+](=O)[O-])c1)CCC2. The Bertz CT molecular complexity index is 444. The van der Waals surface area contributed by atoms with E-state index in [9.17, 15) is 10.1 Å². The van der Waals surface area contributed by atoms with Gasteiger partial charge in [0.2, 0.25) is 0 Å². The summed E-state index contributed by atoms with van der Waals surface area (Å²) >= 11 is 0. The molecule has 16 heavy (non-hydrogen) atoms. The lowest BCUT2D eigenvalue weighted by atomic mass is 9.85. The molecular weight excluding hydrogens is 202 g/mol. The van der Waals surface area contributed by atoms with Gasteiger partial charge in [-0.05, 0) is 35.8 Å². The molecule has 0 fully saturated rings. The summed E-state index contributed by atoms with van der Waals surface area (Å²) in [4.78, 5) is 10.8. The minimum absolute atomic E-state index is 0.0254. The first-order valence-corrected chi connectivity index (χ1v) is 5.70. The van der Waals surface area contributed by atoms with Gasteiger partial charge in [-0.2, -0.15) is 0 Å². The van der Waals surface area contributed by atoms with Crippen molar-refractivity contribution < 1.29 is 4.92 Å². The maximum atomic E-state index is 11.0. The fraction of sp³-hybridized carbons (Fsp3) is 0.538. The number of hydrogen-bond donors (Lipinski definition) is 0. The van der Waals surface area contributed by atoms with Crippen LogP contribution in [0.25, 0.3) is 0 Å². The molecule has 0 saturated heterocycles. The molecule has 0 heterocycles. The lowest BCUT2D eigenvalue weighted by Gasteiger charge is -2.20. The van der Waals surface area contributed by atoms with Gasteiger partial charge < -0.3 is 0 Å². The Morgan fingerprint density at radius 3 is 2.50 bits per heavy atom. The molecule has 1 aliphatic rings. The predicted octanol–water partition coefficient (Wildman–Crippen LogP) is 3.38. The Kier molecular flexibility index (Phi) is 2.49. The average Bonchev–Trinajstić information content (AvgIpc) is 2.61. The Balaban J connectivity index is 2.61. The molecule has 2 rings (SSSR count). The zero-order chi connectivity index (χ0) is 11.9. The molecule has 0 atom stereocenters. The summed E-state index contributed by atoms with van der Waals surface area (Å²) < 4.78 is 0. The molecule has 0 aliphatic heterocycles. The summed E-state index contributed by atoms with van der Waals surface area (Å²) in [6.45, 7) is 6.27. The van der Waals surface area contributed by atoms with Crippen LogP contribution in [0.1, 0.15) is 43.9 Å². The van der Waals surface area contributed by atoms with E-state index in [0.717, 1.165) is 30.4 Å². The summed E-state index contributed by atoms with van der Waals surface area (Å²) in [7, 11) is 0. The van der Waals surface area contributed by atoms with Gasteiger partial charge in [0.15, 0.2) is 0 Å². The van der Waals surface area contributed by atoms with Crippen molar-refractivity contribution in [1.29, 1.82) is 0 Å². The molecule has 0 spiro atoms. The Morgan fingerprint density at radius 2 is 1.94 bits per heavy atom. The van der Waals surface area contributed by atoms with Gasteiger partial charge in [0, 0.05) is 11.6 Å². The molecule has 0 saturated carbocycles. The van der Waals surface area contributed by atoms with Crippen LogP contribution >= 0.6 is 0 Å². The van der Waals surface area contributed by atoms with Crippen LogP contribution in [-0.4, -0.2) is 4.92 Å². The van der Waals surface area contributed by atoms with Crippen LogP contribution in [0.2, 0.25) is 0 Å². The van der Waals surface area contributed by atoms with Crippen molar-refractivity contribution in [3.05, 3.63) is 38.9 Å². The number of nitrogens with zero attached hydrogens (tertiary/aromatic N) is 1. The molecule has 1 aromatic carbocycles. The maximum absolute atomic E-state index is 11.0. The highest BCUT2D eigenvalue weighted by Gasteiger charge is 2.26. The lowest BCUT2D eigenvalue weighted by molar-refractivity contribution is -0.385. The van der Waals surface area contributed by atoms with Crippen LogP contribution in [-0.2, 0) is 18.3 Å². The van der Waals surface area contributed by atoms with Gasteiger partial charge in [-0.15, -0.1) is 0 Å². The lowest BCUT2D eigenvalue weighted by Crippen LogP contribution is -2.12. The van der Waals surface area contributed by atoms with Crippen molar-refractivity contribution in [3.8, 4) is 0 Å². The zero-order valence-electron chi connectivity index (χ0n) is 10.0. The first kappa shape index (κ1) is 11.1. The van der Waals surface area contributed by atoms with Crippen LogP contribution in [0.4, 0.5) is 5.69 Å². The molecule has 86 valence electrons. The Labute approximate surface area is 95.6 Å². The van der Waals surface area contributed by atoms with Crippen LogP contribution < -0.4 is 0 Å². The first-order valence-electron chi connectivity index (χ1n) is 5.70. The van der Waals surface area contributed by atoms with Crippen molar-refractivity contribution >= 4 is 5.69 Å². The Hall–Kier alpha value is -1.38. The fourth-order valence-electron chi connectivity index (χ4n) is 2.28. The van der Waals surface area contributed by atoms with Gasteiger partial charge in [0.1, 0.15) is 0 Å². The second kappa shape index (κ2) is 3.58. The van der Waals surface area contributed by atoms with Crippen molar-refractivity contribution in [2.75, 3.05) is 0 Å². The number of rotatable bonds is 1. The largest absolute Gasteiger partial charge is 0.273 e. The minimum Gasteiger partial charge on any atom is -0.258 e. The van der Waals surface area contributed by atoms with E-state index in [0.29, 0.717) is 5.69 Å². The first-order chi connectivity index (χ1) is 7.39. The smallest absolute Gasteiger partial charge is 0.258 e. The number of aryl methyl sites for hydroxylation is 1. The summed E-state index contributed by atoms with van der Waals surface area (Å²) in [5.41, 5.74) is 3.50. The van der Waals surface area contributed by atoms with Crippen LogP contribution in [0, 0.1) is 10.1 Å². The number of fused-ring (bicyclic) bond motifs is 1. The average molecular weight is 219 g/mol. The second-order valence-corrected chi connectivity index (χ2v) is 5.49. The molecule has 0 bridgehead atoms. The molecule has 3 heteroatoms. The van der Waals surface area contributed by atoms with E-state index in [-0.39, 0.29) is 10.3 Å². The molecule has 0 N–H and O–H groups in total. The highest BCUT2D eigenvalue weighted by atomic mass is 16.6. The third-order valence-electron chi connectivity index (χ3n) is 3.25. The van der Waals surface area contributed by atoms with E-state index in [1.807, 2.05) is 0 Å². The molecule has 0 unspecified atom stereocenters. The van der Waals surface area contributed by atoms with Gasteiger partial charge in [-0.3, -0.25) is 10.1 Å². The van der Waals surface area contributed by atoms with Crippen molar-refractivity contribution in [1.82, 2.24) is 0 Å². The highest BCUT2D eigenvalue weighted by molar-refractivity contribution is 5.52. The van der Waals surface area contributed by atoms with E-state index >= 15 is 0 Å². The van der Waals surface area contributed by atoms with Crippen molar-refractivity contribution in [3.63, 3.8) is 0 Å². The van der Waals surface area contributed by atoms with Gasteiger partial charge in [-0.1, -0.05) is 26.8 Å². The van der Waals surface area contributed by atoms with E-state index in [1.54, 1.807) is 6.07 Å². The third kappa shape index (κ3) is 1.82. The van der Waals surface area contributed by atoms with Gasteiger partial charge in [0.25, 0.3) is 5.69 Å². The summed E-state index contributed by atoms with van der Waals surface area (Å²) in [5, 5.41) is 11.0. The molecule has 0 radical (unpaired) electrons. The number of nitro benzene ring substituents is 1. The van der Waals surface area contributed by atoms with Crippen LogP contribution in [0.3, 0.4) is 0 Å². The number of benzene rings is 1.